The monoisotopic (exact) mass is 231 g/mol. The van der Waals surface area contributed by atoms with E-state index in [1.807, 2.05) is 0 Å². The molecule has 1 saturated heterocycles. The third-order valence-corrected chi connectivity index (χ3v) is 3.98. The second-order valence-electron chi connectivity index (χ2n) is 5.18. The summed E-state index contributed by atoms with van der Waals surface area (Å²) in [6, 6.07) is 9.36. The fraction of sp³-hybridized carbons (Fsp3) is 0.571. The molecule has 3 nitrogen and oxygen atoms in total. The van der Waals surface area contributed by atoms with Crippen LogP contribution in [0, 0.1) is 5.92 Å². The number of rotatable bonds is 1. The van der Waals surface area contributed by atoms with Gasteiger partial charge in [0.05, 0.1) is 0 Å². The van der Waals surface area contributed by atoms with Crippen molar-refractivity contribution in [3.63, 3.8) is 0 Å². The number of nitrogens with zero attached hydrogens (tertiary/aromatic N) is 1. The molecule has 3 heteroatoms. The molecule has 2 aliphatic rings. The summed E-state index contributed by atoms with van der Waals surface area (Å²) < 4.78 is 0. The lowest BCUT2D eigenvalue weighted by Crippen LogP contribution is -2.48. The Labute approximate surface area is 103 Å². The van der Waals surface area contributed by atoms with Crippen LogP contribution in [0.5, 0.6) is 0 Å². The van der Waals surface area contributed by atoms with E-state index in [1.165, 1.54) is 24.3 Å². The second kappa shape index (κ2) is 4.67. The summed E-state index contributed by atoms with van der Waals surface area (Å²) in [5, 5.41) is 6.97. The van der Waals surface area contributed by atoms with E-state index in [0.717, 1.165) is 19.6 Å². The van der Waals surface area contributed by atoms with Gasteiger partial charge in [0, 0.05) is 44.5 Å². The fourth-order valence-corrected chi connectivity index (χ4v) is 3.12. The Kier molecular flexibility index (Phi) is 3.04. The lowest BCUT2D eigenvalue weighted by molar-refractivity contribution is 0.132. The van der Waals surface area contributed by atoms with Crippen LogP contribution in [0.2, 0.25) is 0 Å². The summed E-state index contributed by atoms with van der Waals surface area (Å²) in [6.07, 6.45) is 0. The van der Waals surface area contributed by atoms with E-state index in [9.17, 15) is 0 Å². The normalized spacial score (nSPS) is 29.5. The van der Waals surface area contributed by atoms with Crippen molar-refractivity contribution in [2.45, 2.75) is 13.0 Å². The highest BCUT2D eigenvalue weighted by atomic mass is 15.2. The van der Waals surface area contributed by atoms with E-state index in [2.05, 4.69) is 46.7 Å². The molecule has 2 heterocycles. The van der Waals surface area contributed by atoms with E-state index in [1.54, 1.807) is 0 Å². The molecule has 2 aliphatic heterocycles. The summed E-state index contributed by atoms with van der Waals surface area (Å²) in [5.74, 6) is 0.683. The molecule has 3 rings (SSSR count). The molecule has 0 amide bonds. The summed E-state index contributed by atoms with van der Waals surface area (Å²) in [4.78, 5) is 2.64. The van der Waals surface area contributed by atoms with Gasteiger partial charge in [-0.2, -0.15) is 0 Å². The highest BCUT2D eigenvalue weighted by Crippen LogP contribution is 2.37. The Morgan fingerprint density at radius 1 is 1.18 bits per heavy atom. The summed E-state index contributed by atoms with van der Waals surface area (Å²) in [5.41, 5.74) is 2.81. The van der Waals surface area contributed by atoms with Crippen molar-refractivity contribution in [2.24, 2.45) is 5.92 Å². The van der Waals surface area contributed by atoms with Gasteiger partial charge in [0.25, 0.3) is 0 Å². The first kappa shape index (κ1) is 11.1. The third-order valence-electron chi connectivity index (χ3n) is 3.98. The smallest absolute Gasteiger partial charge is 0.0411 e. The zero-order valence-electron chi connectivity index (χ0n) is 10.4. The van der Waals surface area contributed by atoms with Gasteiger partial charge in [-0.25, -0.2) is 0 Å². The lowest BCUT2D eigenvalue weighted by Gasteiger charge is -2.42. The molecule has 1 aromatic carbocycles. The Balaban J connectivity index is 1.91. The zero-order valence-corrected chi connectivity index (χ0v) is 10.4. The van der Waals surface area contributed by atoms with Crippen molar-refractivity contribution in [3.8, 4) is 0 Å². The average molecular weight is 231 g/mol. The first-order valence-corrected chi connectivity index (χ1v) is 6.64. The topological polar surface area (TPSA) is 27.3 Å². The number of para-hydroxylation sites is 1. The SMILES string of the molecule is CC1CNc2ccccc2C1N1CCNCC1. The van der Waals surface area contributed by atoms with Crippen molar-refractivity contribution in [2.75, 3.05) is 38.0 Å². The molecule has 0 aromatic heterocycles. The van der Waals surface area contributed by atoms with Gasteiger partial charge in [0.2, 0.25) is 0 Å². The van der Waals surface area contributed by atoms with Crippen LogP contribution in [0.15, 0.2) is 24.3 Å². The largest absolute Gasteiger partial charge is 0.384 e. The van der Waals surface area contributed by atoms with E-state index in [-0.39, 0.29) is 0 Å². The summed E-state index contributed by atoms with van der Waals surface area (Å²) in [6.45, 7) is 8.03. The fourth-order valence-electron chi connectivity index (χ4n) is 3.12. The van der Waals surface area contributed by atoms with E-state index in [4.69, 9.17) is 0 Å². The van der Waals surface area contributed by atoms with Crippen LogP contribution in [0.1, 0.15) is 18.5 Å². The summed E-state index contributed by atoms with van der Waals surface area (Å²) in [7, 11) is 0. The number of hydrogen-bond donors (Lipinski definition) is 2. The van der Waals surface area contributed by atoms with Crippen LogP contribution in [0.25, 0.3) is 0 Å². The maximum absolute atomic E-state index is 3.54. The van der Waals surface area contributed by atoms with Gasteiger partial charge in [0.15, 0.2) is 0 Å². The van der Waals surface area contributed by atoms with Crippen molar-refractivity contribution in [3.05, 3.63) is 29.8 Å². The van der Waals surface area contributed by atoms with Crippen molar-refractivity contribution >= 4 is 5.69 Å². The molecule has 0 radical (unpaired) electrons. The molecular weight excluding hydrogens is 210 g/mol. The van der Waals surface area contributed by atoms with Crippen LogP contribution in [-0.4, -0.2) is 37.6 Å². The van der Waals surface area contributed by atoms with Gasteiger partial charge in [-0.05, 0) is 17.5 Å². The molecule has 0 saturated carbocycles. The molecule has 0 spiro atoms. The minimum atomic E-state index is 0.592. The Hall–Kier alpha value is -1.06. The second-order valence-corrected chi connectivity index (χ2v) is 5.18. The van der Waals surface area contributed by atoms with Crippen LogP contribution < -0.4 is 10.6 Å². The molecule has 2 unspecified atom stereocenters. The number of benzene rings is 1. The highest BCUT2D eigenvalue weighted by molar-refractivity contribution is 5.54. The van der Waals surface area contributed by atoms with Crippen molar-refractivity contribution in [1.82, 2.24) is 10.2 Å². The average Bonchev–Trinajstić information content (AvgIpc) is 2.39. The molecule has 17 heavy (non-hydrogen) atoms. The quantitative estimate of drug-likeness (QED) is 0.770. The maximum atomic E-state index is 3.54. The molecule has 2 atom stereocenters. The Bertz CT molecular complexity index is 385. The van der Waals surface area contributed by atoms with E-state index in [0.29, 0.717) is 12.0 Å². The molecule has 0 bridgehead atoms. The molecule has 1 fully saturated rings. The van der Waals surface area contributed by atoms with Crippen molar-refractivity contribution in [1.29, 1.82) is 0 Å². The van der Waals surface area contributed by atoms with E-state index >= 15 is 0 Å². The van der Waals surface area contributed by atoms with Crippen LogP contribution in [0.3, 0.4) is 0 Å². The van der Waals surface area contributed by atoms with Gasteiger partial charge < -0.3 is 10.6 Å². The Morgan fingerprint density at radius 3 is 2.76 bits per heavy atom. The molecule has 2 N–H and O–H groups in total. The molecule has 0 aliphatic carbocycles. The number of nitrogens with one attached hydrogen (secondary N) is 2. The van der Waals surface area contributed by atoms with Crippen LogP contribution in [0.4, 0.5) is 5.69 Å². The van der Waals surface area contributed by atoms with Gasteiger partial charge in [-0.15, -0.1) is 0 Å². The minimum Gasteiger partial charge on any atom is -0.384 e. The van der Waals surface area contributed by atoms with Gasteiger partial charge in [-0.3, -0.25) is 4.90 Å². The van der Waals surface area contributed by atoms with Crippen LogP contribution in [-0.2, 0) is 0 Å². The summed E-state index contributed by atoms with van der Waals surface area (Å²) >= 11 is 0. The number of piperazine rings is 1. The predicted molar refractivity (Wildman–Crippen MR) is 71.3 cm³/mol. The first-order chi connectivity index (χ1) is 8.36. The lowest BCUT2D eigenvalue weighted by atomic mass is 9.88. The number of anilines is 1. The molecular formula is C14H21N3. The van der Waals surface area contributed by atoms with Crippen LogP contribution >= 0.6 is 0 Å². The van der Waals surface area contributed by atoms with Gasteiger partial charge >= 0.3 is 0 Å². The number of hydrogen-bond acceptors (Lipinski definition) is 3. The standard InChI is InChI=1S/C14H21N3/c1-11-10-16-13-5-3-2-4-12(13)14(11)17-8-6-15-7-9-17/h2-5,11,14-16H,6-10H2,1H3. The molecule has 92 valence electrons. The number of fused-ring (bicyclic) bond motifs is 1. The Morgan fingerprint density at radius 2 is 1.94 bits per heavy atom. The van der Waals surface area contributed by atoms with Gasteiger partial charge in [0.1, 0.15) is 0 Å². The maximum Gasteiger partial charge on any atom is 0.0411 e. The first-order valence-electron chi connectivity index (χ1n) is 6.64. The van der Waals surface area contributed by atoms with Gasteiger partial charge in [-0.1, -0.05) is 25.1 Å². The van der Waals surface area contributed by atoms with E-state index < -0.39 is 0 Å². The zero-order chi connectivity index (χ0) is 11.7. The highest BCUT2D eigenvalue weighted by Gasteiger charge is 2.31. The third kappa shape index (κ3) is 2.05. The molecule has 1 aromatic rings. The predicted octanol–water partition coefficient (Wildman–Crippen LogP) is 1.69. The van der Waals surface area contributed by atoms with Crippen molar-refractivity contribution < 1.29 is 0 Å². The minimum absolute atomic E-state index is 0.592.